The van der Waals surface area contributed by atoms with Gasteiger partial charge in [-0.25, -0.2) is 4.79 Å². The van der Waals surface area contributed by atoms with Crippen LogP contribution in [0.5, 0.6) is 5.75 Å². The van der Waals surface area contributed by atoms with E-state index in [4.69, 9.17) is 9.47 Å². The van der Waals surface area contributed by atoms with Gasteiger partial charge in [0, 0.05) is 13.1 Å². The number of carbonyl (C=O) groups excluding carboxylic acids is 1. The maximum atomic E-state index is 12.1. The number of hydrogen-bond donors (Lipinski definition) is 1. The monoisotopic (exact) mass is 306 g/mol. The van der Waals surface area contributed by atoms with Crippen molar-refractivity contribution in [3.8, 4) is 5.75 Å². The molecule has 1 aliphatic rings. The van der Waals surface area contributed by atoms with E-state index in [-0.39, 0.29) is 12.1 Å². The summed E-state index contributed by atoms with van der Waals surface area (Å²) in [5, 5.41) is 3.00. The highest BCUT2D eigenvalue weighted by Gasteiger charge is 2.22. The van der Waals surface area contributed by atoms with Gasteiger partial charge in [-0.15, -0.1) is 0 Å². The summed E-state index contributed by atoms with van der Waals surface area (Å²) in [5.74, 6) is 0.885. The molecular formula is C17H26N2O3. The summed E-state index contributed by atoms with van der Waals surface area (Å²) in [4.78, 5) is 13.9. The predicted molar refractivity (Wildman–Crippen MR) is 86.3 cm³/mol. The third-order valence-corrected chi connectivity index (χ3v) is 3.96. The fourth-order valence-electron chi connectivity index (χ4n) is 2.57. The number of unbranched alkanes of at least 4 members (excludes halogenated alkanes) is 1. The number of ether oxygens (including phenoxy) is 2. The molecule has 22 heavy (non-hydrogen) atoms. The fraction of sp³-hybridized carbons (Fsp3) is 0.588. The quantitative estimate of drug-likeness (QED) is 0.821. The Kier molecular flexibility index (Phi) is 6.52. The van der Waals surface area contributed by atoms with Crippen molar-refractivity contribution in [2.75, 3.05) is 33.4 Å². The van der Waals surface area contributed by atoms with Gasteiger partial charge in [0.25, 0.3) is 0 Å². The first-order chi connectivity index (χ1) is 10.7. The van der Waals surface area contributed by atoms with Crippen molar-refractivity contribution in [1.82, 2.24) is 10.2 Å². The largest absolute Gasteiger partial charge is 0.497 e. The molecule has 0 aliphatic carbocycles. The van der Waals surface area contributed by atoms with Crippen LogP contribution in [-0.2, 0) is 11.2 Å². The zero-order valence-electron chi connectivity index (χ0n) is 13.5. The Morgan fingerprint density at radius 1 is 1.36 bits per heavy atom. The number of urea groups is 1. The third kappa shape index (κ3) is 4.91. The van der Waals surface area contributed by atoms with Crippen molar-refractivity contribution >= 4 is 6.03 Å². The average Bonchev–Trinajstić information content (AvgIpc) is 2.55. The molecule has 2 rings (SSSR count). The smallest absolute Gasteiger partial charge is 0.317 e. The molecule has 122 valence electrons. The summed E-state index contributed by atoms with van der Waals surface area (Å²) in [5.41, 5.74) is 1.30. The number of amides is 2. The number of aryl methyl sites for hydroxylation is 1. The van der Waals surface area contributed by atoms with Crippen molar-refractivity contribution in [3.63, 3.8) is 0 Å². The Hall–Kier alpha value is -1.75. The van der Waals surface area contributed by atoms with Gasteiger partial charge in [0.1, 0.15) is 5.75 Å². The van der Waals surface area contributed by atoms with E-state index < -0.39 is 0 Å². The molecule has 2 amide bonds. The van der Waals surface area contributed by atoms with Gasteiger partial charge in [0.2, 0.25) is 0 Å². The molecule has 5 heteroatoms. The number of methoxy groups -OCH3 is 1. The van der Waals surface area contributed by atoms with Crippen LogP contribution in [0.4, 0.5) is 4.79 Å². The van der Waals surface area contributed by atoms with Crippen molar-refractivity contribution in [2.45, 2.75) is 32.2 Å². The minimum absolute atomic E-state index is 0.0280. The number of nitrogens with zero attached hydrogens (tertiary/aromatic N) is 1. The maximum absolute atomic E-state index is 12.1. The van der Waals surface area contributed by atoms with Crippen LogP contribution < -0.4 is 10.1 Å². The molecular weight excluding hydrogens is 280 g/mol. The van der Waals surface area contributed by atoms with Gasteiger partial charge in [-0.2, -0.15) is 0 Å². The van der Waals surface area contributed by atoms with Gasteiger partial charge < -0.3 is 19.7 Å². The fourth-order valence-corrected chi connectivity index (χ4v) is 2.57. The van der Waals surface area contributed by atoms with E-state index in [9.17, 15) is 4.79 Å². The summed E-state index contributed by atoms with van der Waals surface area (Å²) in [6, 6.07) is 8.33. The van der Waals surface area contributed by atoms with E-state index >= 15 is 0 Å². The molecule has 0 radical (unpaired) electrons. The molecule has 0 unspecified atom stereocenters. The minimum Gasteiger partial charge on any atom is -0.497 e. The average molecular weight is 306 g/mol. The van der Waals surface area contributed by atoms with Gasteiger partial charge >= 0.3 is 6.03 Å². The summed E-state index contributed by atoms with van der Waals surface area (Å²) < 4.78 is 10.5. The molecule has 1 aromatic carbocycles. The van der Waals surface area contributed by atoms with Crippen molar-refractivity contribution < 1.29 is 14.3 Å². The summed E-state index contributed by atoms with van der Waals surface area (Å²) in [6.07, 6.45) is 3.07. The second kappa shape index (κ2) is 8.63. The van der Waals surface area contributed by atoms with Crippen LogP contribution in [0.1, 0.15) is 25.3 Å². The van der Waals surface area contributed by atoms with E-state index in [0.29, 0.717) is 19.8 Å². The van der Waals surface area contributed by atoms with Crippen LogP contribution in [0.15, 0.2) is 24.3 Å². The highest BCUT2D eigenvalue weighted by Crippen LogP contribution is 2.13. The van der Waals surface area contributed by atoms with Crippen LogP contribution in [-0.4, -0.2) is 50.4 Å². The molecule has 0 aromatic heterocycles. The minimum atomic E-state index is 0.0280. The number of nitrogens with one attached hydrogen (secondary N) is 1. The summed E-state index contributed by atoms with van der Waals surface area (Å²) >= 11 is 0. The lowest BCUT2D eigenvalue weighted by Gasteiger charge is -2.33. The van der Waals surface area contributed by atoms with E-state index in [1.807, 2.05) is 24.0 Å². The van der Waals surface area contributed by atoms with Crippen molar-refractivity contribution in [1.29, 1.82) is 0 Å². The molecule has 1 aromatic rings. The normalized spacial score (nSPS) is 18.1. The van der Waals surface area contributed by atoms with Gasteiger partial charge in [-0.3, -0.25) is 0 Å². The summed E-state index contributed by atoms with van der Waals surface area (Å²) in [6.45, 7) is 4.68. The Labute approximate surface area is 132 Å². The Morgan fingerprint density at radius 2 is 2.14 bits per heavy atom. The van der Waals surface area contributed by atoms with Gasteiger partial charge in [0.05, 0.1) is 26.4 Å². The standard InChI is InChI=1S/C17H26N2O3/c1-14-13-22-12-11-19(14)17(20)18-10-4-3-5-15-6-8-16(21-2)9-7-15/h6-9,14H,3-5,10-13H2,1-2H3,(H,18,20)/t14-/m0/s1. The second-order valence-electron chi connectivity index (χ2n) is 5.65. The molecule has 0 bridgehead atoms. The Balaban J connectivity index is 1.61. The lowest BCUT2D eigenvalue weighted by Crippen LogP contribution is -2.51. The van der Waals surface area contributed by atoms with Crippen LogP contribution in [0.3, 0.4) is 0 Å². The van der Waals surface area contributed by atoms with Gasteiger partial charge in [-0.1, -0.05) is 12.1 Å². The molecule has 0 saturated carbocycles. The molecule has 1 N–H and O–H groups in total. The van der Waals surface area contributed by atoms with Crippen LogP contribution in [0, 0.1) is 0 Å². The molecule has 5 nitrogen and oxygen atoms in total. The first kappa shape index (κ1) is 16.6. The van der Waals surface area contributed by atoms with Crippen LogP contribution >= 0.6 is 0 Å². The number of rotatable bonds is 6. The summed E-state index contributed by atoms with van der Waals surface area (Å²) in [7, 11) is 1.67. The van der Waals surface area contributed by atoms with Crippen molar-refractivity contribution in [2.24, 2.45) is 0 Å². The highest BCUT2D eigenvalue weighted by atomic mass is 16.5. The first-order valence-corrected chi connectivity index (χ1v) is 7.96. The predicted octanol–water partition coefficient (Wildman–Crippen LogP) is 2.45. The Morgan fingerprint density at radius 3 is 2.82 bits per heavy atom. The van der Waals surface area contributed by atoms with Gasteiger partial charge in [0.15, 0.2) is 0 Å². The number of morpholine rings is 1. The topological polar surface area (TPSA) is 50.8 Å². The molecule has 1 heterocycles. The van der Waals surface area contributed by atoms with E-state index in [0.717, 1.165) is 31.6 Å². The number of benzene rings is 1. The van der Waals surface area contributed by atoms with E-state index in [2.05, 4.69) is 17.4 Å². The van der Waals surface area contributed by atoms with E-state index in [1.54, 1.807) is 7.11 Å². The van der Waals surface area contributed by atoms with E-state index in [1.165, 1.54) is 5.56 Å². The van der Waals surface area contributed by atoms with Crippen molar-refractivity contribution in [3.05, 3.63) is 29.8 Å². The first-order valence-electron chi connectivity index (χ1n) is 7.96. The molecule has 1 aliphatic heterocycles. The van der Waals surface area contributed by atoms with Crippen LogP contribution in [0.25, 0.3) is 0 Å². The third-order valence-electron chi connectivity index (χ3n) is 3.96. The lowest BCUT2D eigenvalue weighted by atomic mass is 10.1. The number of hydrogen-bond acceptors (Lipinski definition) is 3. The SMILES string of the molecule is COc1ccc(CCCCNC(=O)N2CCOC[C@@H]2C)cc1. The Bertz CT molecular complexity index is 461. The number of carbonyl (C=O) groups is 1. The maximum Gasteiger partial charge on any atom is 0.317 e. The molecule has 1 fully saturated rings. The molecule has 0 spiro atoms. The van der Waals surface area contributed by atoms with Crippen LogP contribution in [0.2, 0.25) is 0 Å². The molecule has 1 saturated heterocycles. The highest BCUT2D eigenvalue weighted by molar-refractivity contribution is 5.74. The van der Waals surface area contributed by atoms with Gasteiger partial charge in [-0.05, 0) is 43.9 Å². The zero-order chi connectivity index (χ0) is 15.8. The zero-order valence-corrected chi connectivity index (χ0v) is 13.5. The molecule has 1 atom stereocenters. The lowest BCUT2D eigenvalue weighted by molar-refractivity contribution is 0.0191. The second-order valence-corrected chi connectivity index (χ2v) is 5.65.